The molecule has 6 N–H and O–H groups in total. The molecule has 0 amide bonds. The normalized spacial score (nSPS) is 11.6. The van der Waals surface area contributed by atoms with Crippen molar-refractivity contribution in [3.63, 3.8) is 0 Å². The van der Waals surface area contributed by atoms with Crippen molar-refractivity contribution in [2.75, 3.05) is 11.5 Å². The summed E-state index contributed by atoms with van der Waals surface area (Å²) < 4.78 is 60.4. The van der Waals surface area contributed by atoms with E-state index in [9.17, 15) is 16.8 Å². The summed E-state index contributed by atoms with van der Waals surface area (Å²) in [6.45, 7) is 3.31. The van der Waals surface area contributed by atoms with Gasteiger partial charge in [-0.3, -0.25) is 9.11 Å². The van der Waals surface area contributed by atoms with Gasteiger partial charge in [0.05, 0.1) is 11.4 Å². The molecule has 2 aromatic carbocycles. The van der Waals surface area contributed by atoms with Gasteiger partial charge in [-0.1, -0.05) is 23.2 Å². The van der Waals surface area contributed by atoms with Crippen molar-refractivity contribution in [3.05, 3.63) is 45.4 Å². The molecule has 12 heteroatoms. The summed E-state index contributed by atoms with van der Waals surface area (Å²) in [5.74, 6) is 0. The number of nitrogen functional groups attached to an aromatic ring is 2. The van der Waals surface area contributed by atoms with Crippen molar-refractivity contribution < 1.29 is 25.9 Å². The van der Waals surface area contributed by atoms with Crippen LogP contribution in [0, 0.1) is 13.8 Å². The molecule has 0 saturated carbocycles. The molecule has 0 fully saturated rings. The maximum absolute atomic E-state index is 10.7. The molecule has 0 spiro atoms. The first kappa shape index (κ1) is 22.5. The summed E-state index contributed by atoms with van der Waals surface area (Å²) in [7, 11) is -8.54. The second kappa shape index (κ2) is 7.99. The number of halogens is 2. The molecule has 0 unspecified atom stereocenters. The second-order valence-electron chi connectivity index (χ2n) is 5.23. The van der Waals surface area contributed by atoms with Crippen LogP contribution < -0.4 is 11.5 Å². The summed E-state index contributed by atoms with van der Waals surface area (Å²) >= 11 is 11.3. The van der Waals surface area contributed by atoms with Gasteiger partial charge in [-0.2, -0.15) is 16.8 Å². The van der Waals surface area contributed by atoms with Gasteiger partial charge >= 0.3 is 0 Å². The Bertz CT molecular complexity index is 968. The minimum absolute atomic E-state index is 0.00981. The highest BCUT2D eigenvalue weighted by Crippen LogP contribution is 2.26. The first-order valence-electron chi connectivity index (χ1n) is 6.70. The van der Waals surface area contributed by atoms with Crippen LogP contribution in [0.2, 0.25) is 10.0 Å². The molecule has 0 aliphatic rings. The van der Waals surface area contributed by atoms with Gasteiger partial charge in [0.25, 0.3) is 20.2 Å². The van der Waals surface area contributed by atoms with E-state index in [4.69, 9.17) is 43.8 Å². The molecular weight excluding hydrogens is 427 g/mol. The Kier molecular flexibility index (Phi) is 6.91. The number of hydrogen-bond acceptors (Lipinski definition) is 6. The van der Waals surface area contributed by atoms with Gasteiger partial charge in [0, 0.05) is 10.0 Å². The van der Waals surface area contributed by atoms with E-state index in [-0.39, 0.29) is 26.2 Å². The zero-order chi connectivity index (χ0) is 20.4. The standard InChI is InChI=1S/2C7H8ClNO3S/c1-4-2-7(13(10,11)12)6(9)3-5(4)8;1-4-2-6(9)7(3-5(4)8)13(10,11)12/h2*2-3H,9H2,1H3,(H,10,11,12). The number of rotatable bonds is 2. The van der Waals surface area contributed by atoms with Crippen LogP contribution in [0.5, 0.6) is 0 Å². The molecule has 0 atom stereocenters. The summed E-state index contributed by atoms with van der Waals surface area (Å²) in [6, 6.07) is 5.04. The quantitative estimate of drug-likeness (QED) is 0.407. The fraction of sp³-hybridized carbons (Fsp3) is 0.143. The third-order valence-corrected chi connectivity index (χ3v) is 5.77. The predicted molar refractivity (Wildman–Crippen MR) is 101 cm³/mol. The Balaban J connectivity index is 0.000000260. The van der Waals surface area contributed by atoms with Gasteiger partial charge in [-0.15, -0.1) is 0 Å². The van der Waals surface area contributed by atoms with Gasteiger partial charge < -0.3 is 11.5 Å². The molecule has 8 nitrogen and oxygen atoms in total. The molecule has 26 heavy (non-hydrogen) atoms. The highest BCUT2D eigenvalue weighted by atomic mass is 35.5. The third-order valence-electron chi connectivity index (χ3n) is 3.14. The molecular formula is C14H16Cl2N2O6S2. The van der Waals surface area contributed by atoms with Gasteiger partial charge in [0.15, 0.2) is 0 Å². The second-order valence-corrected chi connectivity index (χ2v) is 8.82. The van der Waals surface area contributed by atoms with Crippen LogP contribution in [0.3, 0.4) is 0 Å². The van der Waals surface area contributed by atoms with E-state index < -0.39 is 20.2 Å². The Morgan fingerprint density at radius 2 is 1.08 bits per heavy atom. The summed E-state index contributed by atoms with van der Waals surface area (Å²) in [5, 5.41) is 0.617. The van der Waals surface area contributed by atoms with Gasteiger partial charge in [0.2, 0.25) is 0 Å². The number of benzene rings is 2. The van der Waals surface area contributed by atoms with Crippen LogP contribution in [-0.4, -0.2) is 25.9 Å². The molecule has 0 aromatic heterocycles. The van der Waals surface area contributed by atoms with Gasteiger partial charge in [0.1, 0.15) is 9.79 Å². The minimum atomic E-state index is -4.28. The Morgan fingerprint density at radius 3 is 1.54 bits per heavy atom. The largest absolute Gasteiger partial charge is 0.398 e. The van der Waals surface area contributed by atoms with Crippen LogP contribution in [0.4, 0.5) is 11.4 Å². The third kappa shape index (κ3) is 5.73. The van der Waals surface area contributed by atoms with Crippen LogP contribution in [0.1, 0.15) is 11.1 Å². The number of anilines is 2. The number of nitrogens with two attached hydrogens (primary N) is 2. The van der Waals surface area contributed by atoms with E-state index in [0.717, 1.165) is 6.07 Å². The van der Waals surface area contributed by atoms with E-state index >= 15 is 0 Å². The predicted octanol–water partition coefficient (Wildman–Crippen LogP) is 2.95. The van der Waals surface area contributed by atoms with E-state index in [2.05, 4.69) is 0 Å². The summed E-state index contributed by atoms with van der Waals surface area (Å²) in [4.78, 5) is -0.669. The smallest absolute Gasteiger partial charge is 0.296 e. The monoisotopic (exact) mass is 442 g/mol. The zero-order valence-electron chi connectivity index (χ0n) is 13.6. The summed E-state index contributed by atoms with van der Waals surface area (Å²) in [5.41, 5.74) is 11.9. The SMILES string of the molecule is Cc1cc(N)c(S(=O)(=O)O)cc1Cl.Cc1cc(S(=O)(=O)O)c(N)cc1Cl. The van der Waals surface area contributed by atoms with Gasteiger partial charge in [-0.25, -0.2) is 0 Å². The lowest BCUT2D eigenvalue weighted by molar-refractivity contribution is 0.481. The Hall–Kier alpha value is -1.56. The fourth-order valence-electron chi connectivity index (χ4n) is 1.80. The van der Waals surface area contributed by atoms with Crippen molar-refractivity contribution in [1.29, 1.82) is 0 Å². The lowest BCUT2D eigenvalue weighted by Gasteiger charge is -2.04. The Morgan fingerprint density at radius 1 is 0.731 bits per heavy atom. The van der Waals surface area contributed by atoms with Gasteiger partial charge in [-0.05, 0) is 49.2 Å². The lowest BCUT2D eigenvalue weighted by Crippen LogP contribution is -2.03. The number of hydrogen-bond donors (Lipinski definition) is 4. The molecule has 0 bridgehead atoms. The maximum Gasteiger partial charge on any atom is 0.296 e. The molecule has 2 rings (SSSR count). The van der Waals surface area contributed by atoms with Crippen LogP contribution in [0.25, 0.3) is 0 Å². The first-order chi connectivity index (χ1) is 11.6. The van der Waals surface area contributed by atoms with Crippen LogP contribution in [0.15, 0.2) is 34.1 Å². The maximum atomic E-state index is 10.7. The fourth-order valence-corrected chi connectivity index (χ4v) is 3.51. The van der Waals surface area contributed by atoms with Crippen LogP contribution >= 0.6 is 23.2 Å². The molecule has 0 heterocycles. The van der Waals surface area contributed by atoms with Crippen LogP contribution in [-0.2, 0) is 20.2 Å². The molecule has 0 saturated heterocycles. The first-order valence-corrected chi connectivity index (χ1v) is 10.3. The topological polar surface area (TPSA) is 161 Å². The lowest BCUT2D eigenvalue weighted by atomic mass is 10.2. The van der Waals surface area contributed by atoms with E-state index in [1.807, 2.05) is 0 Å². The van der Waals surface area contributed by atoms with Crippen molar-refractivity contribution >= 4 is 54.8 Å². The zero-order valence-corrected chi connectivity index (χ0v) is 16.7. The minimum Gasteiger partial charge on any atom is -0.398 e. The highest BCUT2D eigenvalue weighted by Gasteiger charge is 2.16. The molecule has 2 aromatic rings. The molecule has 0 aliphatic carbocycles. The molecule has 144 valence electrons. The van der Waals surface area contributed by atoms with E-state index in [1.165, 1.54) is 18.2 Å². The van der Waals surface area contributed by atoms with Crippen molar-refractivity contribution in [3.8, 4) is 0 Å². The number of aryl methyl sites for hydroxylation is 2. The van der Waals surface area contributed by atoms with E-state index in [0.29, 0.717) is 16.1 Å². The summed E-state index contributed by atoms with van der Waals surface area (Å²) in [6.07, 6.45) is 0. The average Bonchev–Trinajstić information content (AvgIpc) is 2.45. The molecule has 0 radical (unpaired) electrons. The highest BCUT2D eigenvalue weighted by molar-refractivity contribution is 7.86. The van der Waals surface area contributed by atoms with E-state index in [1.54, 1.807) is 13.8 Å². The van der Waals surface area contributed by atoms with Crippen molar-refractivity contribution in [1.82, 2.24) is 0 Å². The average molecular weight is 443 g/mol. The van der Waals surface area contributed by atoms with Crippen molar-refractivity contribution in [2.24, 2.45) is 0 Å². The Labute approximate surface area is 161 Å². The molecule has 0 aliphatic heterocycles. The van der Waals surface area contributed by atoms with Crippen molar-refractivity contribution in [2.45, 2.75) is 23.6 Å².